The fourth-order valence-corrected chi connectivity index (χ4v) is 2.97. The highest BCUT2D eigenvalue weighted by Crippen LogP contribution is 2.34. The van der Waals surface area contributed by atoms with E-state index in [9.17, 15) is 0 Å². The minimum Gasteiger partial charge on any atom is -0.457 e. The van der Waals surface area contributed by atoms with Crippen molar-refractivity contribution in [3.8, 4) is 0 Å². The zero-order valence-electron chi connectivity index (χ0n) is 12.2. The van der Waals surface area contributed by atoms with Crippen molar-refractivity contribution < 1.29 is 8.94 Å². The van der Waals surface area contributed by atoms with Gasteiger partial charge in [0.1, 0.15) is 11.3 Å². The lowest BCUT2D eigenvalue weighted by Gasteiger charge is -2.17. The highest BCUT2D eigenvalue weighted by molar-refractivity contribution is 5.81. The number of para-hydroxylation sites is 1. The largest absolute Gasteiger partial charge is 0.457 e. The van der Waals surface area contributed by atoms with Crippen molar-refractivity contribution in [2.45, 2.75) is 31.2 Å². The average Bonchev–Trinajstić information content (AvgIpc) is 3.24. The fourth-order valence-electron chi connectivity index (χ4n) is 2.97. The molecule has 0 amide bonds. The molecule has 0 radical (unpaired) electrons. The molecule has 1 saturated carbocycles. The van der Waals surface area contributed by atoms with Crippen LogP contribution in [0.15, 0.2) is 39.3 Å². The van der Waals surface area contributed by atoms with Crippen molar-refractivity contribution in [3.05, 3.63) is 47.8 Å². The number of rotatable bonds is 3. The van der Waals surface area contributed by atoms with Crippen molar-refractivity contribution in [1.82, 2.24) is 10.1 Å². The lowest BCUT2D eigenvalue weighted by atomic mass is 9.99. The molecule has 0 unspecified atom stereocenters. The zero-order valence-corrected chi connectivity index (χ0v) is 12.2. The van der Waals surface area contributed by atoms with Crippen LogP contribution in [0.5, 0.6) is 0 Å². The predicted octanol–water partition coefficient (Wildman–Crippen LogP) is 3.71. The van der Waals surface area contributed by atoms with Crippen molar-refractivity contribution in [3.63, 3.8) is 0 Å². The Kier molecular flexibility index (Phi) is 3.08. The molecule has 1 aliphatic carbocycles. The maximum absolute atomic E-state index is 6.32. The summed E-state index contributed by atoms with van der Waals surface area (Å²) in [7, 11) is 0. The van der Waals surface area contributed by atoms with Gasteiger partial charge >= 0.3 is 0 Å². The number of fused-ring (bicyclic) bond motifs is 1. The maximum atomic E-state index is 6.32. The number of aromatic nitrogens is 2. The van der Waals surface area contributed by atoms with Crippen LogP contribution in [0.1, 0.15) is 43.2 Å². The first-order chi connectivity index (χ1) is 10.7. The van der Waals surface area contributed by atoms with Crippen LogP contribution in [0.4, 0.5) is 0 Å². The standard InChI is InChI=1S/C17H17N3O2/c18-17(9-3-4-10-17)16-19-15(22-20-16)8-7-13-11-12-5-1-2-6-14(12)21-13/h1-2,5-8,11H,3-4,9-10,18H2/b8-7+. The zero-order chi connectivity index (χ0) is 15.0. The summed E-state index contributed by atoms with van der Waals surface area (Å²) in [6.07, 6.45) is 7.66. The van der Waals surface area contributed by atoms with Gasteiger partial charge in [0.2, 0.25) is 0 Å². The van der Waals surface area contributed by atoms with Gasteiger partial charge in [0.25, 0.3) is 5.89 Å². The van der Waals surface area contributed by atoms with Crippen LogP contribution in [0, 0.1) is 0 Å². The lowest BCUT2D eigenvalue weighted by molar-refractivity contribution is 0.364. The Balaban J connectivity index is 1.57. The Labute approximate surface area is 127 Å². The van der Waals surface area contributed by atoms with Crippen LogP contribution >= 0.6 is 0 Å². The summed E-state index contributed by atoms with van der Waals surface area (Å²) in [6.45, 7) is 0. The van der Waals surface area contributed by atoms with E-state index in [0.717, 1.165) is 42.4 Å². The van der Waals surface area contributed by atoms with Gasteiger partial charge in [-0.3, -0.25) is 0 Å². The Morgan fingerprint density at radius 2 is 1.95 bits per heavy atom. The van der Waals surface area contributed by atoms with Crippen LogP contribution in [0.2, 0.25) is 0 Å². The molecule has 2 heterocycles. The van der Waals surface area contributed by atoms with Crippen molar-refractivity contribution in [2.24, 2.45) is 5.73 Å². The molecule has 0 bridgehead atoms. The van der Waals surface area contributed by atoms with E-state index in [1.165, 1.54) is 0 Å². The number of nitrogens with two attached hydrogens (primary N) is 1. The molecule has 22 heavy (non-hydrogen) atoms. The molecular weight excluding hydrogens is 278 g/mol. The van der Waals surface area contributed by atoms with Crippen LogP contribution in [-0.4, -0.2) is 10.1 Å². The molecule has 2 N–H and O–H groups in total. The molecule has 4 rings (SSSR count). The minimum atomic E-state index is -0.422. The third-order valence-corrected chi connectivity index (χ3v) is 4.22. The summed E-state index contributed by atoms with van der Waals surface area (Å²) in [5.41, 5.74) is 6.76. The van der Waals surface area contributed by atoms with Crippen LogP contribution in [0.3, 0.4) is 0 Å². The Morgan fingerprint density at radius 3 is 2.77 bits per heavy atom. The average molecular weight is 295 g/mol. The number of nitrogens with zero attached hydrogens (tertiary/aromatic N) is 2. The highest BCUT2D eigenvalue weighted by Gasteiger charge is 2.35. The summed E-state index contributed by atoms with van der Waals surface area (Å²) < 4.78 is 11.0. The molecule has 5 heteroatoms. The van der Waals surface area contributed by atoms with E-state index < -0.39 is 5.54 Å². The third-order valence-electron chi connectivity index (χ3n) is 4.22. The van der Waals surface area contributed by atoms with E-state index in [-0.39, 0.29) is 0 Å². The smallest absolute Gasteiger partial charge is 0.250 e. The predicted molar refractivity (Wildman–Crippen MR) is 83.8 cm³/mol. The van der Waals surface area contributed by atoms with Crippen molar-refractivity contribution in [2.75, 3.05) is 0 Å². The molecule has 112 valence electrons. The van der Waals surface area contributed by atoms with Gasteiger partial charge in [-0.2, -0.15) is 4.98 Å². The van der Waals surface area contributed by atoms with Gasteiger partial charge in [-0.05, 0) is 31.1 Å². The van der Waals surface area contributed by atoms with E-state index in [4.69, 9.17) is 14.7 Å². The molecule has 2 aromatic heterocycles. The van der Waals surface area contributed by atoms with Crippen molar-refractivity contribution in [1.29, 1.82) is 0 Å². The highest BCUT2D eigenvalue weighted by atomic mass is 16.5. The first-order valence-corrected chi connectivity index (χ1v) is 7.53. The number of hydrogen-bond acceptors (Lipinski definition) is 5. The Bertz CT molecular complexity index is 792. The number of benzene rings is 1. The van der Waals surface area contributed by atoms with E-state index >= 15 is 0 Å². The second-order valence-electron chi connectivity index (χ2n) is 5.84. The van der Waals surface area contributed by atoms with Gasteiger partial charge in [0.05, 0.1) is 5.54 Å². The molecule has 0 aliphatic heterocycles. The monoisotopic (exact) mass is 295 g/mol. The summed E-state index contributed by atoms with van der Waals surface area (Å²) in [6, 6.07) is 9.86. The molecule has 1 aliphatic rings. The van der Waals surface area contributed by atoms with Gasteiger partial charge in [-0.25, -0.2) is 0 Å². The topological polar surface area (TPSA) is 78.1 Å². The SMILES string of the molecule is NC1(c2noc(/C=C/c3cc4ccccc4o3)n2)CCCC1. The van der Waals surface area contributed by atoms with E-state index in [0.29, 0.717) is 11.7 Å². The van der Waals surface area contributed by atoms with E-state index in [1.54, 1.807) is 6.08 Å². The first kappa shape index (κ1) is 13.3. The molecule has 0 spiro atoms. The quantitative estimate of drug-likeness (QED) is 0.796. The summed E-state index contributed by atoms with van der Waals surface area (Å²) >= 11 is 0. The molecule has 1 fully saturated rings. The summed E-state index contributed by atoms with van der Waals surface area (Å²) in [5, 5.41) is 5.10. The van der Waals surface area contributed by atoms with Gasteiger partial charge in [0, 0.05) is 11.5 Å². The van der Waals surface area contributed by atoms with Crippen molar-refractivity contribution >= 4 is 23.1 Å². The molecular formula is C17H17N3O2. The molecule has 1 aromatic carbocycles. The number of hydrogen-bond donors (Lipinski definition) is 1. The summed E-state index contributed by atoms with van der Waals surface area (Å²) in [4.78, 5) is 4.40. The van der Waals surface area contributed by atoms with Gasteiger partial charge in [-0.15, -0.1) is 0 Å². The van der Waals surface area contributed by atoms with E-state index in [1.807, 2.05) is 36.4 Å². The number of furan rings is 1. The van der Waals surface area contributed by atoms with E-state index in [2.05, 4.69) is 10.1 Å². The van der Waals surface area contributed by atoms with Crippen LogP contribution in [0.25, 0.3) is 23.1 Å². The Hall–Kier alpha value is -2.40. The lowest BCUT2D eigenvalue weighted by Crippen LogP contribution is -2.34. The molecule has 0 saturated heterocycles. The minimum absolute atomic E-state index is 0.422. The van der Waals surface area contributed by atoms with Crippen LogP contribution < -0.4 is 5.73 Å². The Morgan fingerprint density at radius 1 is 1.14 bits per heavy atom. The van der Waals surface area contributed by atoms with Gasteiger partial charge in [-0.1, -0.05) is 36.2 Å². The fraction of sp³-hybridized carbons (Fsp3) is 0.294. The van der Waals surface area contributed by atoms with Gasteiger partial charge < -0.3 is 14.7 Å². The maximum Gasteiger partial charge on any atom is 0.250 e. The summed E-state index contributed by atoms with van der Waals surface area (Å²) in [5.74, 6) is 1.81. The second kappa shape index (κ2) is 5.10. The normalized spacial score (nSPS) is 17.7. The third kappa shape index (κ3) is 2.33. The van der Waals surface area contributed by atoms with Crippen LogP contribution in [-0.2, 0) is 5.54 Å². The van der Waals surface area contributed by atoms with Gasteiger partial charge in [0.15, 0.2) is 5.82 Å². The second-order valence-corrected chi connectivity index (χ2v) is 5.84. The molecule has 0 atom stereocenters. The first-order valence-electron chi connectivity index (χ1n) is 7.53. The molecule has 3 aromatic rings. The molecule has 5 nitrogen and oxygen atoms in total.